The lowest BCUT2D eigenvalue weighted by atomic mass is 10.0. The lowest BCUT2D eigenvalue weighted by Crippen LogP contribution is -2.38. The number of methoxy groups -OCH3 is 1. The third kappa shape index (κ3) is 5.07. The van der Waals surface area contributed by atoms with Crippen LogP contribution >= 0.6 is 15.9 Å². The summed E-state index contributed by atoms with van der Waals surface area (Å²) in [6, 6.07) is 7.48. The van der Waals surface area contributed by atoms with Crippen LogP contribution in [-0.4, -0.2) is 40.3 Å². The monoisotopic (exact) mass is 463 g/mol. The molecular formula is C21H26BrN3O4. The number of carbonyl (C=O) groups excluding carboxylic acids is 1. The molecule has 1 aliphatic rings. The number of amides is 1. The highest BCUT2D eigenvalue weighted by atomic mass is 79.9. The fourth-order valence-electron chi connectivity index (χ4n) is 3.33. The Morgan fingerprint density at radius 3 is 2.86 bits per heavy atom. The van der Waals surface area contributed by atoms with Gasteiger partial charge in [-0.3, -0.25) is 9.88 Å². The number of aromatic nitrogens is 1. The van der Waals surface area contributed by atoms with E-state index < -0.39 is 11.9 Å². The van der Waals surface area contributed by atoms with Gasteiger partial charge in [-0.15, -0.1) is 0 Å². The number of pyridine rings is 1. The van der Waals surface area contributed by atoms with Crippen molar-refractivity contribution in [3.05, 3.63) is 57.8 Å². The van der Waals surface area contributed by atoms with Crippen molar-refractivity contribution >= 4 is 27.7 Å². The molecule has 1 unspecified atom stereocenters. The summed E-state index contributed by atoms with van der Waals surface area (Å²) in [7, 11) is 1.43. The van der Waals surface area contributed by atoms with E-state index in [-0.39, 0.29) is 12.1 Å². The largest absolute Gasteiger partial charge is 0.444 e. The molecule has 1 aliphatic heterocycles. The van der Waals surface area contributed by atoms with Crippen molar-refractivity contribution in [1.29, 1.82) is 0 Å². The van der Waals surface area contributed by atoms with Crippen LogP contribution < -0.4 is 5.32 Å². The first-order valence-corrected chi connectivity index (χ1v) is 10.2. The Morgan fingerprint density at radius 1 is 1.41 bits per heavy atom. The molecule has 0 spiro atoms. The zero-order chi connectivity index (χ0) is 21.2. The first-order chi connectivity index (χ1) is 13.7. The number of hydrogen-bond donors (Lipinski definition) is 2. The summed E-state index contributed by atoms with van der Waals surface area (Å²) >= 11 is 3.50. The molecular weight excluding hydrogens is 438 g/mol. The van der Waals surface area contributed by atoms with E-state index in [1.54, 1.807) is 23.4 Å². The van der Waals surface area contributed by atoms with Crippen LogP contribution in [0.15, 0.2) is 41.1 Å². The number of hydrogen-bond acceptors (Lipinski definition) is 6. The van der Waals surface area contributed by atoms with E-state index in [1.165, 1.54) is 7.11 Å². The van der Waals surface area contributed by atoms with Crippen LogP contribution in [0.25, 0.3) is 0 Å². The van der Waals surface area contributed by atoms with Gasteiger partial charge in [-0.25, -0.2) is 4.79 Å². The number of carbonyl (C=O) groups is 1. The smallest absolute Gasteiger partial charge is 0.411 e. The van der Waals surface area contributed by atoms with Crippen molar-refractivity contribution in [1.82, 2.24) is 9.88 Å². The predicted octanol–water partition coefficient (Wildman–Crippen LogP) is 4.39. The number of halogens is 1. The van der Waals surface area contributed by atoms with Crippen molar-refractivity contribution in [3.8, 4) is 0 Å². The maximum Gasteiger partial charge on any atom is 0.411 e. The minimum atomic E-state index is -1.06. The molecule has 2 heterocycles. The van der Waals surface area contributed by atoms with E-state index in [0.717, 1.165) is 15.6 Å². The molecule has 2 aromatic rings. The lowest BCUT2D eigenvalue weighted by Gasteiger charge is -2.29. The van der Waals surface area contributed by atoms with Gasteiger partial charge in [-0.2, -0.15) is 0 Å². The first-order valence-electron chi connectivity index (χ1n) is 9.36. The predicted molar refractivity (Wildman–Crippen MR) is 113 cm³/mol. The summed E-state index contributed by atoms with van der Waals surface area (Å²) in [5.74, 6) is 0. The number of anilines is 1. The van der Waals surface area contributed by atoms with E-state index in [4.69, 9.17) is 9.47 Å². The Morgan fingerprint density at radius 2 is 2.17 bits per heavy atom. The molecule has 0 bridgehead atoms. The molecule has 3 rings (SSSR count). The average Bonchev–Trinajstić information content (AvgIpc) is 3.02. The Labute approximate surface area is 179 Å². The number of nitrogens with zero attached hydrogens (tertiary/aromatic N) is 2. The molecule has 1 aromatic heterocycles. The number of aliphatic hydroxyl groups excluding tert-OH is 1. The quantitative estimate of drug-likeness (QED) is 0.639. The minimum absolute atomic E-state index is 0.222. The molecule has 0 fully saturated rings. The third-order valence-electron chi connectivity index (χ3n) is 4.64. The van der Waals surface area contributed by atoms with Crippen molar-refractivity contribution in [3.63, 3.8) is 0 Å². The SMILES string of the molecule is COC(O)c1ccncc1NC[C@@H]1c2ccc(Br)cc2CN1C(=O)OC(C)(C)C. The van der Waals surface area contributed by atoms with E-state index in [1.807, 2.05) is 39.0 Å². The van der Waals surface area contributed by atoms with Crippen molar-refractivity contribution in [2.24, 2.45) is 0 Å². The summed E-state index contributed by atoms with van der Waals surface area (Å²) in [6.45, 7) is 6.46. The van der Waals surface area contributed by atoms with E-state index >= 15 is 0 Å². The van der Waals surface area contributed by atoms with Gasteiger partial charge in [0.1, 0.15) is 5.60 Å². The second-order valence-corrected chi connectivity index (χ2v) is 8.81. The van der Waals surface area contributed by atoms with Gasteiger partial charge in [-0.1, -0.05) is 22.0 Å². The van der Waals surface area contributed by atoms with Crippen LogP contribution in [0.5, 0.6) is 0 Å². The zero-order valence-corrected chi connectivity index (χ0v) is 18.6. The summed E-state index contributed by atoms with van der Waals surface area (Å²) in [6.07, 6.45) is 1.81. The van der Waals surface area contributed by atoms with Crippen molar-refractivity contribution in [2.75, 3.05) is 19.0 Å². The Balaban J connectivity index is 1.85. The average molecular weight is 464 g/mol. The molecule has 1 amide bonds. The van der Waals surface area contributed by atoms with Gasteiger partial charge in [-0.05, 0) is 50.1 Å². The zero-order valence-electron chi connectivity index (χ0n) is 17.0. The van der Waals surface area contributed by atoms with Crippen LogP contribution in [0, 0.1) is 0 Å². The molecule has 29 heavy (non-hydrogen) atoms. The third-order valence-corrected chi connectivity index (χ3v) is 5.13. The molecule has 0 radical (unpaired) electrons. The number of ether oxygens (including phenoxy) is 2. The molecule has 156 valence electrons. The van der Waals surface area contributed by atoms with E-state index in [0.29, 0.717) is 24.3 Å². The summed E-state index contributed by atoms with van der Waals surface area (Å²) in [5, 5.41) is 13.4. The van der Waals surface area contributed by atoms with Gasteiger partial charge in [0.25, 0.3) is 0 Å². The molecule has 0 saturated heterocycles. The molecule has 2 atom stereocenters. The Kier molecular flexibility index (Phi) is 6.45. The number of fused-ring (bicyclic) bond motifs is 1. The highest BCUT2D eigenvalue weighted by Gasteiger charge is 2.36. The van der Waals surface area contributed by atoms with Gasteiger partial charge in [0.2, 0.25) is 0 Å². The Bertz CT molecular complexity index is 884. The van der Waals surface area contributed by atoms with Crippen molar-refractivity contribution < 1.29 is 19.4 Å². The summed E-state index contributed by atoms with van der Waals surface area (Å²) < 4.78 is 11.6. The Hall–Kier alpha value is -2.16. The first kappa shape index (κ1) is 21.5. The molecule has 2 N–H and O–H groups in total. The standard InChI is InChI=1S/C21H26BrN3O4/c1-21(2,3)29-20(27)25-12-13-9-14(22)5-6-15(13)18(25)11-24-17-10-23-8-7-16(17)19(26)28-4/h5-10,18-19,24,26H,11-12H2,1-4H3/t18-,19?/m1/s1. The molecule has 1 aromatic carbocycles. The van der Waals surface area contributed by atoms with Crippen LogP contribution in [0.2, 0.25) is 0 Å². The van der Waals surface area contributed by atoms with Crippen LogP contribution in [-0.2, 0) is 16.0 Å². The molecule has 0 aliphatic carbocycles. The van der Waals surface area contributed by atoms with Gasteiger partial charge >= 0.3 is 6.09 Å². The summed E-state index contributed by atoms with van der Waals surface area (Å²) in [4.78, 5) is 18.7. The maximum atomic E-state index is 12.8. The van der Waals surface area contributed by atoms with Crippen LogP contribution in [0.3, 0.4) is 0 Å². The second kappa shape index (κ2) is 8.69. The van der Waals surface area contributed by atoms with Crippen LogP contribution in [0.4, 0.5) is 10.5 Å². The highest BCUT2D eigenvalue weighted by molar-refractivity contribution is 9.10. The molecule has 0 saturated carbocycles. The summed E-state index contributed by atoms with van der Waals surface area (Å²) in [5.41, 5.74) is 2.78. The highest BCUT2D eigenvalue weighted by Crippen LogP contribution is 2.37. The molecule has 7 nitrogen and oxygen atoms in total. The van der Waals surface area contributed by atoms with Crippen molar-refractivity contribution in [2.45, 2.75) is 45.2 Å². The normalized spacial score (nSPS) is 17.0. The van der Waals surface area contributed by atoms with Gasteiger partial charge in [0, 0.05) is 29.9 Å². The van der Waals surface area contributed by atoms with Crippen LogP contribution in [0.1, 0.15) is 49.8 Å². The topological polar surface area (TPSA) is 83.9 Å². The van der Waals surface area contributed by atoms with Gasteiger partial charge < -0.3 is 19.9 Å². The van der Waals surface area contributed by atoms with E-state index in [2.05, 4.69) is 26.2 Å². The second-order valence-electron chi connectivity index (χ2n) is 7.90. The minimum Gasteiger partial charge on any atom is -0.444 e. The number of benzene rings is 1. The maximum absolute atomic E-state index is 12.8. The van der Waals surface area contributed by atoms with Gasteiger partial charge in [0.05, 0.1) is 24.5 Å². The fraction of sp³-hybridized carbons (Fsp3) is 0.429. The number of aliphatic hydroxyl groups is 1. The number of rotatable bonds is 5. The fourth-order valence-corrected chi connectivity index (χ4v) is 3.74. The molecule has 8 heteroatoms. The lowest BCUT2D eigenvalue weighted by molar-refractivity contribution is -0.0765. The number of nitrogens with one attached hydrogen (secondary N) is 1. The van der Waals surface area contributed by atoms with Gasteiger partial charge in [0.15, 0.2) is 6.29 Å². The van der Waals surface area contributed by atoms with E-state index in [9.17, 15) is 9.90 Å².